The number of rotatable bonds is 61. The quantitative estimate of drug-likeness (QED) is 0.0621. The van der Waals surface area contributed by atoms with E-state index in [1.54, 1.807) is 7.11 Å². The fraction of sp³-hybridized carbons (Fsp3) is 0.978. The lowest BCUT2D eigenvalue weighted by Crippen LogP contribution is -2.19. The molecule has 0 amide bonds. The molecular formula is C46H90O22. The van der Waals surface area contributed by atoms with E-state index in [1.807, 2.05) is 6.92 Å². The van der Waals surface area contributed by atoms with Crippen LogP contribution in [0.15, 0.2) is 0 Å². The first-order valence-electron chi connectivity index (χ1n) is 24.3. The van der Waals surface area contributed by atoms with Crippen LogP contribution >= 0.6 is 0 Å². The van der Waals surface area contributed by atoms with Gasteiger partial charge in [-0.2, -0.15) is 0 Å². The minimum atomic E-state index is -0.256. The first-order valence-corrected chi connectivity index (χ1v) is 24.3. The van der Waals surface area contributed by atoms with E-state index in [4.69, 9.17) is 99.5 Å². The number of carbonyl (C=O) groups is 1. The molecule has 0 radical (unpaired) electrons. The third kappa shape index (κ3) is 51.0. The molecule has 0 spiro atoms. The average Bonchev–Trinajstić information content (AvgIpc) is 4.11. The number of methoxy groups -OCH3 is 1. The van der Waals surface area contributed by atoms with E-state index < -0.39 is 0 Å². The van der Waals surface area contributed by atoms with Crippen LogP contribution in [0.4, 0.5) is 0 Å². The molecule has 0 aromatic carbocycles. The van der Waals surface area contributed by atoms with Gasteiger partial charge in [-0.1, -0.05) is 0 Å². The third-order valence-corrected chi connectivity index (χ3v) is 9.08. The number of carbonyl (C=O) groups excluding carboxylic acids is 1. The van der Waals surface area contributed by atoms with Crippen LogP contribution in [0.2, 0.25) is 0 Å². The second kappa shape index (κ2) is 55.0. The molecule has 1 rings (SSSR count). The maximum Gasteiger partial charge on any atom is 0.311 e. The summed E-state index contributed by atoms with van der Waals surface area (Å²) in [7, 11) is 1.64. The van der Waals surface area contributed by atoms with E-state index in [0.29, 0.717) is 258 Å². The second-order valence-electron chi connectivity index (χ2n) is 14.8. The SMILES string of the molecule is COCCOCCOCCOCCOCCOCCOCCOCCOCCOCCOCCOCCOCCOCCOCCOCCOCCOCCOCCOCCOC(=O)C1(C)CC1. The maximum atomic E-state index is 11.7. The normalized spacial score (nSPS) is 13.2. The van der Waals surface area contributed by atoms with E-state index in [0.717, 1.165) is 12.8 Å². The summed E-state index contributed by atoms with van der Waals surface area (Å²) in [6.45, 7) is 21.5. The van der Waals surface area contributed by atoms with Crippen LogP contribution in [0.25, 0.3) is 0 Å². The lowest BCUT2D eigenvalue weighted by molar-refractivity contribution is -0.151. The summed E-state index contributed by atoms with van der Waals surface area (Å²) in [4.78, 5) is 11.7. The van der Waals surface area contributed by atoms with E-state index in [1.165, 1.54) is 0 Å². The predicted octanol–water partition coefficient (Wildman–Crippen LogP) is 1.29. The molecular weight excluding hydrogens is 904 g/mol. The van der Waals surface area contributed by atoms with Gasteiger partial charge in [0, 0.05) is 7.11 Å². The molecule has 0 heterocycles. The molecule has 1 fully saturated rings. The first kappa shape index (κ1) is 64.7. The zero-order valence-electron chi connectivity index (χ0n) is 41.7. The molecule has 0 saturated heterocycles. The van der Waals surface area contributed by atoms with E-state index >= 15 is 0 Å². The number of ether oxygens (including phenoxy) is 21. The van der Waals surface area contributed by atoms with Crippen molar-refractivity contribution in [1.82, 2.24) is 0 Å². The lowest BCUT2D eigenvalue weighted by Gasteiger charge is -2.10. The number of hydrogen-bond acceptors (Lipinski definition) is 22. The van der Waals surface area contributed by atoms with Gasteiger partial charge in [0.25, 0.3) is 0 Å². The highest BCUT2D eigenvalue weighted by Gasteiger charge is 2.46. The highest BCUT2D eigenvalue weighted by Crippen LogP contribution is 2.45. The van der Waals surface area contributed by atoms with E-state index in [-0.39, 0.29) is 18.0 Å². The monoisotopic (exact) mass is 995 g/mol. The Bertz CT molecular complexity index is 986. The van der Waals surface area contributed by atoms with Crippen molar-refractivity contribution < 1.29 is 104 Å². The molecule has 1 aliphatic carbocycles. The molecule has 0 bridgehead atoms. The van der Waals surface area contributed by atoms with Gasteiger partial charge in [-0.05, 0) is 19.8 Å². The van der Waals surface area contributed by atoms with Crippen LogP contribution in [0.3, 0.4) is 0 Å². The molecule has 22 heteroatoms. The number of esters is 1. The fourth-order valence-electron chi connectivity index (χ4n) is 4.96. The summed E-state index contributed by atoms with van der Waals surface area (Å²) >= 11 is 0. The van der Waals surface area contributed by atoms with Crippen molar-refractivity contribution in [2.75, 3.05) is 271 Å². The Morgan fingerprint density at radius 3 is 0.515 bits per heavy atom. The van der Waals surface area contributed by atoms with Crippen molar-refractivity contribution >= 4 is 5.97 Å². The smallest absolute Gasteiger partial charge is 0.311 e. The summed E-state index contributed by atoms with van der Waals surface area (Å²) in [5, 5.41) is 0. The molecule has 68 heavy (non-hydrogen) atoms. The average molecular weight is 995 g/mol. The van der Waals surface area contributed by atoms with Crippen LogP contribution in [-0.2, 0) is 104 Å². The van der Waals surface area contributed by atoms with Gasteiger partial charge in [-0.3, -0.25) is 4.79 Å². The van der Waals surface area contributed by atoms with Crippen LogP contribution < -0.4 is 0 Å². The van der Waals surface area contributed by atoms with Gasteiger partial charge in [-0.25, -0.2) is 0 Å². The Morgan fingerprint density at radius 2 is 0.382 bits per heavy atom. The summed E-state index contributed by atoms with van der Waals surface area (Å²) in [5.41, 5.74) is -0.256. The minimum absolute atomic E-state index is 0.128. The zero-order chi connectivity index (χ0) is 48.6. The van der Waals surface area contributed by atoms with Crippen LogP contribution in [0.5, 0.6) is 0 Å². The molecule has 0 atom stereocenters. The van der Waals surface area contributed by atoms with Crippen molar-refractivity contribution in [2.24, 2.45) is 5.41 Å². The van der Waals surface area contributed by atoms with Gasteiger partial charge in [-0.15, -0.1) is 0 Å². The van der Waals surface area contributed by atoms with Crippen molar-refractivity contribution in [3.05, 3.63) is 0 Å². The molecule has 0 unspecified atom stereocenters. The standard InChI is InChI=1S/C46H90O22/c1-46(3-4-46)45(47)68-44-43-67-42-41-66-40-39-65-38-37-64-36-35-63-34-33-62-32-31-61-30-29-60-28-27-59-26-25-58-24-23-57-22-21-56-20-19-55-18-17-54-16-15-53-14-13-52-12-11-51-10-9-50-8-7-49-6-5-48-2/h3-44H2,1-2H3. The van der Waals surface area contributed by atoms with Crippen molar-refractivity contribution in [3.63, 3.8) is 0 Å². The Morgan fingerprint density at radius 1 is 0.250 bits per heavy atom. The van der Waals surface area contributed by atoms with E-state index in [2.05, 4.69) is 0 Å². The molecule has 0 N–H and O–H groups in total. The van der Waals surface area contributed by atoms with Crippen molar-refractivity contribution in [2.45, 2.75) is 19.8 Å². The fourth-order valence-corrected chi connectivity index (χ4v) is 4.96. The summed E-state index contributed by atoms with van der Waals surface area (Å²) < 4.78 is 114. The molecule has 1 aliphatic rings. The van der Waals surface area contributed by atoms with Crippen molar-refractivity contribution in [3.8, 4) is 0 Å². The zero-order valence-corrected chi connectivity index (χ0v) is 41.7. The van der Waals surface area contributed by atoms with Gasteiger partial charge < -0.3 is 99.5 Å². The predicted molar refractivity (Wildman–Crippen MR) is 246 cm³/mol. The lowest BCUT2D eigenvalue weighted by atomic mass is 10.1. The Kier molecular flexibility index (Phi) is 52.3. The van der Waals surface area contributed by atoms with Crippen LogP contribution in [0.1, 0.15) is 19.8 Å². The molecule has 406 valence electrons. The van der Waals surface area contributed by atoms with Crippen molar-refractivity contribution in [1.29, 1.82) is 0 Å². The summed E-state index contributed by atoms with van der Waals surface area (Å²) in [6, 6.07) is 0. The van der Waals surface area contributed by atoms with E-state index in [9.17, 15) is 4.79 Å². The second-order valence-corrected chi connectivity index (χ2v) is 14.8. The van der Waals surface area contributed by atoms with Gasteiger partial charge >= 0.3 is 5.97 Å². The Balaban J connectivity index is 1.58. The first-order chi connectivity index (χ1) is 33.7. The van der Waals surface area contributed by atoms with Gasteiger partial charge in [0.1, 0.15) is 6.61 Å². The molecule has 0 aromatic heterocycles. The Labute approximate surface area is 406 Å². The third-order valence-electron chi connectivity index (χ3n) is 9.08. The molecule has 0 aromatic rings. The molecule has 1 saturated carbocycles. The maximum absolute atomic E-state index is 11.7. The molecule has 0 aliphatic heterocycles. The largest absolute Gasteiger partial charge is 0.463 e. The molecule has 22 nitrogen and oxygen atoms in total. The van der Waals surface area contributed by atoms with Gasteiger partial charge in [0.2, 0.25) is 0 Å². The minimum Gasteiger partial charge on any atom is -0.463 e. The highest BCUT2D eigenvalue weighted by molar-refractivity contribution is 5.79. The topological polar surface area (TPSA) is 211 Å². The van der Waals surface area contributed by atoms with Crippen LogP contribution in [-0.4, -0.2) is 277 Å². The highest BCUT2D eigenvalue weighted by atomic mass is 16.6. The van der Waals surface area contributed by atoms with Gasteiger partial charge in [0.15, 0.2) is 0 Å². The Hall–Kier alpha value is -1.33. The number of hydrogen-bond donors (Lipinski definition) is 0. The van der Waals surface area contributed by atoms with Gasteiger partial charge in [0.05, 0.1) is 263 Å². The van der Waals surface area contributed by atoms with Crippen LogP contribution in [0, 0.1) is 5.41 Å². The summed E-state index contributed by atoms with van der Waals surface area (Å²) in [5.74, 6) is -0.128. The summed E-state index contributed by atoms with van der Waals surface area (Å²) in [6.07, 6.45) is 1.82.